The fraction of sp³-hybridized carbons (Fsp3) is 0.375. The first-order valence-electron chi connectivity index (χ1n) is 6.96. The molecule has 1 saturated carbocycles. The summed E-state index contributed by atoms with van der Waals surface area (Å²) in [6.07, 6.45) is 6.30. The minimum atomic E-state index is -0.315. The van der Waals surface area contributed by atoms with E-state index in [0.717, 1.165) is 23.1 Å². The van der Waals surface area contributed by atoms with Crippen molar-refractivity contribution in [1.82, 2.24) is 4.98 Å². The molecule has 1 fully saturated rings. The van der Waals surface area contributed by atoms with Crippen molar-refractivity contribution < 1.29 is 9.53 Å². The van der Waals surface area contributed by atoms with Gasteiger partial charge in [-0.2, -0.15) is 0 Å². The van der Waals surface area contributed by atoms with Gasteiger partial charge in [-0.25, -0.2) is 9.78 Å². The van der Waals surface area contributed by atoms with Crippen molar-refractivity contribution in [3.8, 4) is 0 Å². The first-order valence-corrected chi connectivity index (χ1v) is 7.34. The lowest BCUT2D eigenvalue weighted by Crippen LogP contribution is -2.15. The van der Waals surface area contributed by atoms with Crippen LogP contribution in [0.1, 0.15) is 36.0 Å². The van der Waals surface area contributed by atoms with E-state index >= 15 is 0 Å². The zero-order valence-corrected chi connectivity index (χ0v) is 11.9. The smallest absolute Gasteiger partial charge is 0.340 e. The largest absolute Gasteiger partial charge is 0.462 e. The number of carbonyl (C=O) groups excluding carboxylic acids is 1. The highest BCUT2D eigenvalue weighted by molar-refractivity contribution is 6.34. The zero-order valence-electron chi connectivity index (χ0n) is 11.1. The average Bonchev–Trinajstić information content (AvgIpc) is 2.42. The normalized spacial score (nSPS) is 15.1. The molecule has 0 N–H and O–H groups in total. The number of esters is 1. The van der Waals surface area contributed by atoms with E-state index in [0.29, 0.717) is 17.3 Å². The molecule has 0 unspecified atom stereocenters. The molecule has 0 saturated heterocycles. The molecule has 1 aromatic carbocycles. The Bertz CT molecular complexity index is 637. The van der Waals surface area contributed by atoms with Crippen molar-refractivity contribution in [3.05, 3.63) is 41.2 Å². The van der Waals surface area contributed by atoms with Gasteiger partial charge in [-0.3, -0.25) is 0 Å². The predicted molar refractivity (Wildman–Crippen MR) is 79.0 cm³/mol. The molecule has 0 aliphatic heterocycles. The van der Waals surface area contributed by atoms with Gasteiger partial charge in [0, 0.05) is 17.0 Å². The zero-order chi connectivity index (χ0) is 13.9. The van der Waals surface area contributed by atoms with E-state index in [1.807, 2.05) is 24.3 Å². The summed E-state index contributed by atoms with van der Waals surface area (Å²) in [4.78, 5) is 16.2. The summed E-state index contributed by atoms with van der Waals surface area (Å²) in [5, 5.41) is 1.98. The monoisotopic (exact) mass is 289 g/mol. The summed E-state index contributed by atoms with van der Waals surface area (Å²) in [5.74, 6) is 0.424. The van der Waals surface area contributed by atoms with Crippen molar-refractivity contribution >= 4 is 28.3 Å². The third-order valence-electron chi connectivity index (χ3n) is 3.95. The number of carbonyl (C=O) groups is 1. The molecule has 20 heavy (non-hydrogen) atoms. The topological polar surface area (TPSA) is 39.2 Å². The van der Waals surface area contributed by atoms with Crippen LogP contribution in [-0.2, 0) is 4.74 Å². The van der Waals surface area contributed by atoms with Gasteiger partial charge in [0.05, 0.1) is 12.2 Å². The summed E-state index contributed by atoms with van der Waals surface area (Å²) in [6.45, 7) is 0.487. The Kier molecular flexibility index (Phi) is 3.88. The van der Waals surface area contributed by atoms with Crippen molar-refractivity contribution in [2.45, 2.75) is 25.7 Å². The van der Waals surface area contributed by atoms with Gasteiger partial charge in [0.15, 0.2) is 0 Å². The van der Waals surface area contributed by atoms with Crippen LogP contribution in [0.4, 0.5) is 0 Å². The number of rotatable bonds is 4. The molecule has 0 radical (unpaired) electrons. The van der Waals surface area contributed by atoms with Crippen molar-refractivity contribution in [1.29, 1.82) is 0 Å². The van der Waals surface area contributed by atoms with E-state index in [1.54, 1.807) is 0 Å². The van der Waals surface area contributed by atoms with Gasteiger partial charge in [0.25, 0.3) is 0 Å². The summed E-state index contributed by atoms with van der Waals surface area (Å²) in [7, 11) is 0. The molecule has 3 rings (SSSR count). The van der Waals surface area contributed by atoms with Gasteiger partial charge < -0.3 is 4.74 Å². The van der Waals surface area contributed by atoms with Crippen LogP contribution in [0.15, 0.2) is 30.5 Å². The van der Waals surface area contributed by atoms with Crippen LogP contribution in [0.5, 0.6) is 0 Å². The van der Waals surface area contributed by atoms with Crippen LogP contribution in [-0.4, -0.2) is 17.6 Å². The molecular formula is C16H16ClNO2. The van der Waals surface area contributed by atoms with Crippen molar-refractivity contribution in [2.24, 2.45) is 5.92 Å². The lowest BCUT2D eigenvalue weighted by molar-refractivity contribution is 0.0466. The van der Waals surface area contributed by atoms with Gasteiger partial charge in [-0.15, -0.1) is 0 Å². The molecule has 3 nitrogen and oxygen atoms in total. The van der Waals surface area contributed by atoms with Crippen LogP contribution in [0.3, 0.4) is 0 Å². The van der Waals surface area contributed by atoms with Crippen LogP contribution in [0.2, 0.25) is 5.15 Å². The number of fused-ring (bicyclic) bond motifs is 1. The molecule has 0 amide bonds. The minimum absolute atomic E-state index is 0.315. The highest BCUT2D eigenvalue weighted by Crippen LogP contribution is 2.29. The highest BCUT2D eigenvalue weighted by atomic mass is 35.5. The molecule has 1 aliphatic carbocycles. The Morgan fingerprint density at radius 3 is 2.75 bits per heavy atom. The van der Waals surface area contributed by atoms with Crippen molar-refractivity contribution in [2.75, 3.05) is 6.61 Å². The van der Waals surface area contributed by atoms with Gasteiger partial charge in [0.1, 0.15) is 5.15 Å². The minimum Gasteiger partial charge on any atom is -0.462 e. The second kappa shape index (κ2) is 5.80. The first kappa shape index (κ1) is 13.4. The standard InChI is InChI=1S/C16H16ClNO2/c17-15-13-7-2-1-6-12(13)14(10-18-15)16(19)20-9-8-11-4-3-5-11/h1-2,6-7,10-11H,3-5,8-9H2. The molecule has 4 heteroatoms. The van der Waals surface area contributed by atoms with Gasteiger partial charge >= 0.3 is 5.97 Å². The molecule has 0 atom stereocenters. The fourth-order valence-corrected chi connectivity index (χ4v) is 2.71. The Morgan fingerprint density at radius 1 is 1.30 bits per heavy atom. The second-order valence-electron chi connectivity index (χ2n) is 5.23. The third-order valence-corrected chi connectivity index (χ3v) is 4.25. The molecule has 1 aliphatic rings. The lowest BCUT2D eigenvalue weighted by atomic mass is 9.83. The van der Waals surface area contributed by atoms with E-state index in [1.165, 1.54) is 25.5 Å². The molecule has 1 aromatic heterocycles. The van der Waals surface area contributed by atoms with Gasteiger partial charge in [0.2, 0.25) is 0 Å². The molecule has 104 valence electrons. The lowest BCUT2D eigenvalue weighted by Gasteiger charge is -2.24. The highest BCUT2D eigenvalue weighted by Gasteiger charge is 2.19. The Morgan fingerprint density at radius 2 is 2.05 bits per heavy atom. The van der Waals surface area contributed by atoms with Gasteiger partial charge in [-0.05, 0) is 12.3 Å². The van der Waals surface area contributed by atoms with E-state index in [2.05, 4.69) is 4.98 Å². The maximum absolute atomic E-state index is 12.2. The number of ether oxygens (including phenoxy) is 1. The van der Waals surface area contributed by atoms with Crippen LogP contribution >= 0.6 is 11.6 Å². The molecular weight excluding hydrogens is 274 g/mol. The fourth-order valence-electron chi connectivity index (χ4n) is 2.50. The number of aromatic nitrogens is 1. The van der Waals surface area contributed by atoms with E-state index in [9.17, 15) is 4.79 Å². The SMILES string of the molecule is O=C(OCCC1CCC1)c1cnc(Cl)c2ccccc12. The average molecular weight is 290 g/mol. The number of pyridine rings is 1. The van der Waals surface area contributed by atoms with Crippen LogP contribution in [0.25, 0.3) is 10.8 Å². The maximum atomic E-state index is 12.2. The quantitative estimate of drug-likeness (QED) is 0.624. The molecule has 0 bridgehead atoms. The Labute approximate surface area is 122 Å². The van der Waals surface area contributed by atoms with Crippen molar-refractivity contribution in [3.63, 3.8) is 0 Å². The number of hydrogen-bond acceptors (Lipinski definition) is 3. The second-order valence-corrected chi connectivity index (χ2v) is 5.59. The number of hydrogen-bond donors (Lipinski definition) is 0. The predicted octanol–water partition coefficient (Wildman–Crippen LogP) is 4.24. The number of benzene rings is 1. The Balaban J connectivity index is 1.75. The van der Waals surface area contributed by atoms with Crippen LogP contribution in [0, 0.1) is 5.92 Å². The molecule has 0 spiro atoms. The Hall–Kier alpha value is -1.61. The summed E-state index contributed by atoms with van der Waals surface area (Å²) in [6, 6.07) is 7.48. The summed E-state index contributed by atoms with van der Waals surface area (Å²) in [5.41, 5.74) is 0.485. The summed E-state index contributed by atoms with van der Waals surface area (Å²) < 4.78 is 5.36. The van der Waals surface area contributed by atoms with Crippen LogP contribution < -0.4 is 0 Å². The first-order chi connectivity index (χ1) is 9.75. The summed E-state index contributed by atoms with van der Waals surface area (Å²) >= 11 is 6.04. The van der Waals surface area contributed by atoms with E-state index in [4.69, 9.17) is 16.3 Å². The third kappa shape index (κ3) is 2.63. The van der Waals surface area contributed by atoms with E-state index in [-0.39, 0.29) is 5.97 Å². The number of halogens is 1. The van der Waals surface area contributed by atoms with Gasteiger partial charge in [-0.1, -0.05) is 55.1 Å². The molecule has 2 aromatic rings. The van der Waals surface area contributed by atoms with E-state index < -0.39 is 0 Å². The number of nitrogens with zero attached hydrogens (tertiary/aromatic N) is 1. The maximum Gasteiger partial charge on any atom is 0.340 e. The molecule has 1 heterocycles.